The van der Waals surface area contributed by atoms with Crippen molar-refractivity contribution in [2.45, 2.75) is 20.3 Å². The first-order valence-corrected chi connectivity index (χ1v) is 5.91. The maximum atomic E-state index is 13.0. The number of rotatable bonds is 5. The Labute approximate surface area is 110 Å². The SMILES string of the molecule is Cc1ccc(F)cc1NC(=O)NCC(C)CC(=O)O. The highest BCUT2D eigenvalue weighted by Crippen LogP contribution is 2.15. The summed E-state index contributed by atoms with van der Waals surface area (Å²) in [5.74, 6) is -1.51. The minimum Gasteiger partial charge on any atom is -0.481 e. The predicted octanol–water partition coefficient (Wildman–Crippen LogP) is 2.37. The van der Waals surface area contributed by atoms with Crippen LogP contribution in [0, 0.1) is 18.7 Å². The van der Waals surface area contributed by atoms with Crippen LogP contribution in [-0.2, 0) is 4.79 Å². The highest BCUT2D eigenvalue weighted by molar-refractivity contribution is 5.90. The Morgan fingerprint density at radius 1 is 1.42 bits per heavy atom. The first-order chi connectivity index (χ1) is 8.88. The lowest BCUT2D eigenvalue weighted by Gasteiger charge is -2.12. The molecule has 1 aromatic rings. The molecular weight excluding hydrogens is 251 g/mol. The smallest absolute Gasteiger partial charge is 0.319 e. The van der Waals surface area contributed by atoms with Gasteiger partial charge in [0.25, 0.3) is 0 Å². The van der Waals surface area contributed by atoms with Crippen molar-refractivity contribution in [1.29, 1.82) is 0 Å². The van der Waals surface area contributed by atoms with Crippen LogP contribution in [0.2, 0.25) is 0 Å². The van der Waals surface area contributed by atoms with Gasteiger partial charge in [0.1, 0.15) is 5.82 Å². The number of carbonyl (C=O) groups excluding carboxylic acids is 1. The summed E-state index contributed by atoms with van der Waals surface area (Å²) in [5, 5.41) is 13.7. The van der Waals surface area contributed by atoms with Gasteiger partial charge in [0, 0.05) is 18.7 Å². The lowest BCUT2D eigenvalue weighted by Crippen LogP contribution is -2.33. The fraction of sp³-hybridized carbons (Fsp3) is 0.385. The normalized spacial score (nSPS) is 11.7. The number of urea groups is 1. The molecule has 0 aromatic heterocycles. The van der Waals surface area contributed by atoms with E-state index in [0.29, 0.717) is 5.69 Å². The maximum Gasteiger partial charge on any atom is 0.319 e. The second-order valence-corrected chi connectivity index (χ2v) is 4.50. The zero-order valence-electron chi connectivity index (χ0n) is 10.9. The summed E-state index contributed by atoms with van der Waals surface area (Å²) in [7, 11) is 0. The van der Waals surface area contributed by atoms with Gasteiger partial charge in [0.05, 0.1) is 0 Å². The molecule has 0 fully saturated rings. The van der Waals surface area contributed by atoms with E-state index in [4.69, 9.17) is 5.11 Å². The van der Waals surface area contributed by atoms with Gasteiger partial charge in [-0.25, -0.2) is 9.18 Å². The summed E-state index contributed by atoms with van der Waals surface area (Å²) in [4.78, 5) is 22.0. The molecule has 1 atom stereocenters. The first-order valence-electron chi connectivity index (χ1n) is 5.91. The maximum absolute atomic E-state index is 13.0. The predicted molar refractivity (Wildman–Crippen MR) is 69.6 cm³/mol. The van der Waals surface area contributed by atoms with Crippen LogP contribution in [-0.4, -0.2) is 23.7 Å². The van der Waals surface area contributed by atoms with E-state index in [0.717, 1.165) is 5.56 Å². The Kier molecular flexibility index (Phi) is 5.29. The van der Waals surface area contributed by atoms with Crippen molar-refractivity contribution in [2.75, 3.05) is 11.9 Å². The second kappa shape index (κ2) is 6.72. The number of hydrogen-bond donors (Lipinski definition) is 3. The molecule has 19 heavy (non-hydrogen) atoms. The zero-order chi connectivity index (χ0) is 14.4. The molecule has 1 aromatic carbocycles. The van der Waals surface area contributed by atoms with Crippen LogP contribution in [0.5, 0.6) is 0 Å². The molecule has 1 rings (SSSR count). The van der Waals surface area contributed by atoms with Crippen LogP contribution in [0.25, 0.3) is 0 Å². The van der Waals surface area contributed by atoms with Gasteiger partial charge < -0.3 is 15.7 Å². The van der Waals surface area contributed by atoms with Crippen molar-refractivity contribution in [1.82, 2.24) is 5.32 Å². The van der Waals surface area contributed by atoms with E-state index < -0.39 is 17.8 Å². The van der Waals surface area contributed by atoms with Crippen molar-refractivity contribution < 1.29 is 19.1 Å². The number of carboxylic acids is 1. The highest BCUT2D eigenvalue weighted by Gasteiger charge is 2.10. The van der Waals surface area contributed by atoms with Crippen LogP contribution in [0.3, 0.4) is 0 Å². The van der Waals surface area contributed by atoms with Crippen molar-refractivity contribution in [2.24, 2.45) is 5.92 Å². The average Bonchev–Trinajstić information content (AvgIpc) is 2.30. The second-order valence-electron chi connectivity index (χ2n) is 4.50. The number of carboxylic acid groups (broad SMARTS) is 1. The van der Waals surface area contributed by atoms with Crippen molar-refractivity contribution in [3.8, 4) is 0 Å². The number of aryl methyl sites for hydroxylation is 1. The molecule has 0 heterocycles. The minimum atomic E-state index is -0.907. The molecule has 1 unspecified atom stereocenters. The third kappa shape index (κ3) is 5.37. The van der Waals surface area contributed by atoms with E-state index in [9.17, 15) is 14.0 Å². The monoisotopic (exact) mass is 268 g/mol. The average molecular weight is 268 g/mol. The number of halogens is 1. The van der Waals surface area contributed by atoms with Gasteiger partial charge in [-0.15, -0.1) is 0 Å². The standard InChI is InChI=1S/C13H17FN2O3/c1-8(5-12(17)18)7-15-13(19)16-11-6-10(14)4-3-9(11)2/h3-4,6,8H,5,7H2,1-2H3,(H,17,18)(H2,15,16,19). The van der Waals surface area contributed by atoms with E-state index in [1.165, 1.54) is 12.1 Å². The first kappa shape index (κ1) is 14.9. The van der Waals surface area contributed by atoms with E-state index in [2.05, 4.69) is 10.6 Å². The molecule has 0 aliphatic heterocycles. The number of carbonyl (C=O) groups is 2. The van der Waals surface area contributed by atoms with Crippen molar-refractivity contribution >= 4 is 17.7 Å². The van der Waals surface area contributed by atoms with Crippen LogP contribution in [0.4, 0.5) is 14.9 Å². The Morgan fingerprint density at radius 3 is 2.74 bits per heavy atom. The quantitative estimate of drug-likeness (QED) is 0.767. The summed E-state index contributed by atoms with van der Waals surface area (Å²) in [5.41, 5.74) is 1.14. The van der Waals surface area contributed by atoms with E-state index in [1.807, 2.05) is 0 Å². The summed E-state index contributed by atoms with van der Waals surface area (Å²) in [6.45, 7) is 3.72. The van der Waals surface area contributed by atoms with Gasteiger partial charge in [0.2, 0.25) is 0 Å². The summed E-state index contributed by atoms with van der Waals surface area (Å²) >= 11 is 0. The summed E-state index contributed by atoms with van der Waals surface area (Å²) < 4.78 is 13.0. The summed E-state index contributed by atoms with van der Waals surface area (Å²) in [6, 6.07) is 3.63. The van der Waals surface area contributed by atoms with Gasteiger partial charge in [-0.05, 0) is 30.5 Å². The van der Waals surface area contributed by atoms with Crippen LogP contribution >= 0.6 is 0 Å². The summed E-state index contributed by atoms with van der Waals surface area (Å²) in [6.07, 6.45) is -0.0146. The zero-order valence-corrected chi connectivity index (χ0v) is 10.9. The number of benzene rings is 1. The van der Waals surface area contributed by atoms with Crippen LogP contribution in [0.15, 0.2) is 18.2 Å². The van der Waals surface area contributed by atoms with Crippen LogP contribution < -0.4 is 10.6 Å². The number of aliphatic carboxylic acids is 1. The molecule has 0 saturated carbocycles. The largest absolute Gasteiger partial charge is 0.481 e. The molecule has 2 amide bonds. The Balaban J connectivity index is 2.47. The molecule has 0 aliphatic carbocycles. The molecular formula is C13H17FN2O3. The molecule has 0 aliphatic rings. The highest BCUT2D eigenvalue weighted by atomic mass is 19.1. The Bertz CT molecular complexity index is 477. The molecule has 0 bridgehead atoms. The minimum absolute atomic E-state index is 0.0146. The van der Waals surface area contributed by atoms with Gasteiger partial charge >= 0.3 is 12.0 Å². The molecule has 104 valence electrons. The fourth-order valence-electron chi connectivity index (χ4n) is 1.53. The van der Waals surface area contributed by atoms with Gasteiger partial charge in [0.15, 0.2) is 0 Å². The van der Waals surface area contributed by atoms with E-state index in [-0.39, 0.29) is 18.9 Å². The van der Waals surface area contributed by atoms with Crippen molar-refractivity contribution in [3.05, 3.63) is 29.6 Å². The van der Waals surface area contributed by atoms with Crippen molar-refractivity contribution in [3.63, 3.8) is 0 Å². The van der Waals surface area contributed by atoms with Gasteiger partial charge in [-0.1, -0.05) is 13.0 Å². The number of nitrogens with one attached hydrogen (secondary N) is 2. The lowest BCUT2D eigenvalue weighted by molar-refractivity contribution is -0.137. The topological polar surface area (TPSA) is 78.4 Å². The number of hydrogen-bond acceptors (Lipinski definition) is 2. The van der Waals surface area contributed by atoms with Gasteiger partial charge in [-0.2, -0.15) is 0 Å². The van der Waals surface area contributed by atoms with Gasteiger partial charge in [-0.3, -0.25) is 4.79 Å². The fourth-order valence-corrected chi connectivity index (χ4v) is 1.53. The number of anilines is 1. The molecule has 6 heteroatoms. The third-order valence-corrected chi connectivity index (χ3v) is 2.58. The van der Waals surface area contributed by atoms with E-state index in [1.54, 1.807) is 19.9 Å². The van der Waals surface area contributed by atoms with Crippen LogP contribution in [0.1, 0.15) is 18.9 Å². The molecule has 3 N–H and O–H groups in total. The lowest BCUT2D eigenvalue weighted by atomic mass is 10.1. The molecule has 0 radical (unpaired) electrons. The Hall–Kier alpha value is -2.11. The third-order valence-electron chi connectivity index (χ3n) is 2.58. The van der Waals surface area contributed by atoms with E-state index >= 15 is 0 Å². The molecule has 0 saturated heterocycles. The Morgan fingerprint density at radius 2 is 2.11 bits per heavy atom. The number of amides is 2. The molecule has 5 nitrogen and oxygen atoms in total. The molecule has 0 spiro atoms.